The third-order valence-electron chi connectivity index (χ3n) is 4.83. The van der Waals surface area contributed by atoms with Gasteiger partial charge in [0.25, 0.3) is 0 Å². The number of carbonyl (C=O) groups is 1. The zero-order chi connectivity index (χ0) is 25.5. The van der Waals surface area contributed by atoms with E-state index in [0.717, 1.165) is 5.69 Å². The largest absolute Gasteiger partial charge is 0.493 e. The highest BCUT2D eigenvalue weighted by atomic mass is 19.1. The van der Waals surface area contributed by atoms with Gasteiger partial charge in [0.1, 0.15) is 11.9 Å². The van der Waals surface area contributed by atoms with E-state index in [9.17, 15) is 14.4 Å². The zero-order valence-electron chi connectivity index (χ0n) is 19.0. The number of anilines is 3. The molecule has 0 atom stereocenters. The Hall–Kier alpha value is -5.30. The Labute approximate surface area is 205 Å². The summed E-state index contributed by atoms with van der Waals surface area (Å²) in [6, 6.07) is 21.0. The van der Waals surface area contributed by atoms with Crippen LogP contribution in [-0.4, -0.2) is 28.0 Å². The second-order valence-electron chi connectivity index (χ2n) is 7.31. The molecule has 0 aliphatic carbocycles. The first-order chi connectivity index (χ1) is 17.4. The molecule has 4 rings (SSSR count). The monoisotopic (exact) mass is 482 g/mol. The highest BCUT2D eigenvalue weighted by molar-refractivity contribution is 5.91. The lowest BCUT2D eigenvalue weighted by Crippen LogP contribution is -2.09. The highest BCUT2D eigenvalue weighted by Gasteiger charge is 2.14. The third kappa shape index (κ3) is 5.78. The van der Waals surface area contributed by atoms with Crippen LogP contribution in [-0.2, 0) is 0 Å². The van der Waals surface area contributed by atoms with Gasteiger partial charge in [-0.1, -0.05) is 24.3 Å². The van der Waals surface area contributed by atoms with Crippen LogP contribution < -0.4 is 20.5 Å². The van der Waals surface area contributed by atoms with Crippen molar-refractivity contribution in [3.63, 3.8) is 0 Å². The van der Waals surface area contributed by atoms with E-state index in [1.165, 1.54) is 43.5 Å². The van der Waals surface area contributed by atoms with E-state index in [1.54, 1.807) is 12.1 Å². The number of rotatable bonds is 7. The van der Waals surface area contributed by atoms with E-state index in [-0.39, 0.29) is 40.4 Å². The number of benzene rings is 3. The Morgan fingerprint density at radius 2 is 1.78 bits per heavy atom. The average Bonchev–Trinajstić information content (AvgIpc) is 2.88. The number of esters is 1. The first-order valence-electron chi connectivity index (χ1n) is 10.6. The molecule has 36 heavy (non-hydrogen) atoms. The number of carbonyl (C=O) groups excluding carboxylic acids is 1. The van der Waals surface area contributed by atoms with Crippen molar-refractivity contribution in [2.45, 2.75) is 0 Å². The number of nitrogens with one attached hydrogen (secondary N) is 1. The molecule has 178 valence electrons. The number of nitrogens with zero attached hydrogens (tertiary/aromatic N) is 4. The van der Waals surface area contributed by atoms with Crippen molar-refractivity contribution in [1.29, 1.82) is 5.26 Å². The molecule has 0 fully saturated rings. The smallest absolute Gasteiger partial charge is 0.343 e. The number of aromatic nitrogens is 3. The fourth-order valence-electron chi connectivity index (χ4n) is 3.14. The number of nitrogen functional groups attached to an aromatic ring is 1. The van der Waals surface area contributed by atoms with Crippen LogP contribution in [0.25, 0.3) is 11.6 Å². The van der Waals surface area contributed by atoms with Crippen molar-refractivity contribution in [2.75, 3.05) is 18.2 Å². The minimum atomic E-state index is -0.673. The molecule has 1 heterocycles. The van der Waals surface area contributed by atoms with Crippen LogP contribution in [0.5, 0.6) is 11.5 Å². The van der Waals surface area contributed by atoms with E-state index in [1.807, 2.05) is 30.3 Å². The van der Waals surface area contributed by atoms with Gasteiger partial charge in [-0.3, -0.25) is 0 Å². The van der Waals surface area contributed by atoms with Gasteiger partial charge in [-0.05, 0) is 60.2 Å². The second kappa shape index (κ2) is 10.8. The fourth-order valence-corrected chi connectivity index (χ4v) is 3.14. The van der Waals surface area contributed by atoms with Gasteiger partial charge in [-0.2, -0.15) is 20.2 Å². The minimum absolute atomic E-state index is 0.0554. The summed E-state index contributed by atoms with van der Waals surface area (Å²) < 4.78 is 23.9. The fraction of sp³-hybridized carbons (Fsp3) is 0.0385. The molecule has 0 amide bonds. The van der Waals surface area contributed by atoms with E-state index < -0.39 is 11.8 Å². The quantitative estimate of drug-likeness (QED) is 0.219. The number of hydrogen-bond donors (Lipinski definition) is 2. The molecule has 1 aromatic heterocycles. The molecule has 0 radical (unpaired) electrons. The summed E-state index contributed by atoms with van der Waals surface area (Å²) in [5.74, 6) is -0.524. The van der Waals surface area contributed by atoms with Crippen LogP contribution in [0.3, 0.4) is 0 Å². The summed E-state index contributed by atoms with van der Waals surface area (Å²) >= 11 is 0. The molecule has 0 spiro atoms. The molecule has 0 saturated heterocycles. The molecule has 10 heteroatoms. The molecule has 3 N–H and O–H groups in total. The Bertz CT molecular complexity index is 1470. The lowest BCUT2D eigenvalue weighted by atomic mass is 10.1. The molecular formula is C26H19FN6O3. The molecule has 9 nitrogen and oxygen atoms in total. The first-order valence-corrected chi connectivity index (χ1v) is 10.6. The number of methoxy groups -OCH3 is 1. The summed E-state index contributed by atoms with van der Waals surface area (Å²) in [4.78, 5) is 24.8. The number of allylic oxidation sites excluding steroid dienone is 1. The normalized spacial score (nSPS) is 10.9. The van der Waals surface area contributed by atoms with E-state index in [4.69, 9.17) is 15.2 Å². The van der Waals surface area contributed by atoms with Crippen LogP contribution in [0.1, 0.15) is 21.7 Å². The molecule has 0 bridgehead atoms. The van der Waals surface area contributed by atoms with E-state index in [2.05, 4.69) is 26.3 Å². The van der Waals surface area contributed by atoms with Gasteiger partial charge in [0, 0.05) is 5.69 Å². The van der Waals surface area contributed by atoms with Gasteiger partial charge in [0.05, 0.1) is 18.2 Å². The van der Waals surface area contributed by atoms with Crippen LogP contribution in [0, 0.1) is 17.1 Å². The Morgan fingerprint density at radius 3 is 2.47 bits per heavy atom. The molecule has 4 aromatic rings. The summed E-state index contributed by atoms with van der Waals surface area (Å²) in [6.07, 6.45) is 1.54. The van der Waals surface area contributed by atoms with Crippen molar-refractivity contribution < 1.29 is 18.7 Å². The molecule has 0 aliphatic heterocycles. The molecule has 0 saturated carbocycles. The number of nitriles is 1. The maximum absolute atomic E-state index is 13.1. The van der Waals surface area contributed by atoms with Crippen molar-refractivity contribution in [3.05, 3.63) is 95.6 Å². The van der Waals surface area contributed by atoms with Crippen molar-refractivity contribution >= 4 is 35.2 Å². The molecule has 0 unspecified atom stereocenters. The molecular weight excluding hydrogens is 463 g/mol. The minimum Gasteiger partial charge on any atom is -0.493 e. The zero-order valence-corrected chi connectivity index (χ0v) is 19.0. The summed E-state index contributed by atoms with van der Waals surface area (Å²) in [7, 11) is 1.41. The van der Waals surface area contributed by atoms with Gasteiger partial charge in [-0.25, -0.2) is 9.18 Å². The van der Waals surface area contributed by atoms with Crippen molar-refractivity contribution in [1.82, 2.24) is 15.0 Å². The third-order valence-corrected chi connectivity index (χ3v) is 4.83. The van der Waals surface area contributed by atoms with Crippen LogP contribution >= 0.6 is 0 Å². The summed E-state index contributed by atoms with van der Waals surface area (Å²) in [5, 5.41) is 12.8. The van der Waals surface area contributed by atoms with Crippen LogP contribution in [0.2, 0.25) is 0 Å². The van der Waals surface area contributed by atoms with Gasteiger partial charge in [-0.15, -0.1) is 0 Å². The lowest BCUT2D eigenvalue weighted by Gasteiger charge is -2.10. The molecule has 3 aromatic carbocycles. The topological polar surface area (TPSA) is 136 Å². The first kappa shape index (κ1) is 23.8. The number of para-hydroxylation sites is 1. The summed E-state index contributed by atoms with van der Waals surface area (Å²) in [5.41, 5.74) is 7.44. The van der Waals surface area contributed by atoms with Crippen LogP contribution in [0.4, 0.5) is 22.0 Å². The standard InChI is InChI=1S/C26H19FN6O3/c1-35-22-14-16(7-12-21(22)36-24(34)17-8-10-19(27)11-9-17)13-18(15-28)23-31-25(29)33-26(32-23)30-20-5-3-2-4-6-20/h2-14H,1H3,(H3,29,30,31,32,33)/b18-13+. The molecule has 0 aliphatic rings. The van der Waals surface area contributed by atoms with Gasteiger partial charge in [0.2, 0.25) is 11.9 Å². The highest BCUT2D eigenvalue weighted by Crippen LogP contribution is 2.30. The lowest BCUT2D eigenvalue weighted by molar-refractivity contribution is 0.0729. The Balaban J connectivity index is 1.59. The second-order valence-corrected chi connectivity index (χ2v) is 7.31. The predicted molar refractivity (Wildman–Crippen MR) is 132 cm³/mol. The number of ether oxygens (including phenoxy) is 2. The van der Waals surface area contributed by atoms with Crippen molar-refractivity contribution in [3.8, 4) is 17.6 Å². The number of nitrogens with two attached hydrogens (primary N) is 1. The number of halogens is 1. The van der Waals surface area contributed by atoms with Crippen molar-refractivity contribution in [2.24, 2.45) is 0 Å². The van der Waals surface area contributed by atoms with E-state index in [0.29, 0.717) is 5.56 Å². The SMILES string of the molecule is COc1cc(/C=C(\C#N)c2nc(N)nc(Nc3ccccc3)n2)ccc1OC(=O)c1ccc(F)cc1. The summed E-state index contributed by atoms with van der Waals surface area (Å²) in [6.45, 7) is 0. The van der Waals surface area contributed by atoms with Gasteiger partial charge >= 0.3 is 5.97 Å². The maximum Gasteiger partial charge on any atom is 0.343 e. The van der Waals surface area contributed by atoms with E-state index >= 15 is 0 Å². The van der Waals surface area contributed by atoms with Crippen LogP contribution in [0.15, 0.2) is 72.8 Å². The Kier molecular flexibility index (Phi) is 7.12. The average molecular weight is 482 g/mol. The number of hydrogen-bond acceptors (Lipinski definition) is 9. The predicted octanol–water partition coefficient (Wildman–Crippen LogP) is 4.63. The Morgan fingerprint density at radius 1 is 1.03 bits per heavy atom. The maximum atomic E-state index is 13.1. The van der Waals surface area contributed by atoms with Gasteiger partial charge < -0.3 is 20.5 Å². The van der Waals surface area contributed by atoms with Gasteiger partial charge in [0.15, 0.2) is 17.3 Å².